The van der Waals surface area contributed by atoms with Crippen molar-refractivity contribution in [2.24, 2.45) is 0 Å². The third-order valence-electron chi connectivity index (χ3n) is 5.25. The maximum Gasteiger partial charge on any atom is 0.338 e. The number of likely N-dealkylation sites (tertiary alicyclic amines) is 1. The lowest BCUT2D eigenvalue weighted by Gasteiger charge is -2.32. The van der Waals surface area contributed by atoms with Crippen molar-refractivity contribution in [1.29, 1.82) is 0 Å². The van der Waals surface area contributed by atoms with Gasteiger partial charge in [-0.2, -0.15) is 5.10 Å². The van der Waals surface area contributed by atoms with Crippen LogP contribution in [0.1, 0.15) is 51.0 Å². The van der Waals surface area contributed by atoms with Crippen molar-refractivity contribution in [2.75, 3.05) is 13.1 Å². The van der Waals surface area contributed by atoms with E-state index >= 15 is 0 Å². The normalized spacial score (nSPS) is 15.1. The molecule has 28 heavy (non-hydrogen) atoms. The number of nitrogens with zero attached hydrogens (tertiary/aromatic N) is 5. The molecule has 4 rings (SSSR count). The van der Waals surface area contributed by atoms with Crippen molar-refractivity contribution in [3.05, 3.63) is 52.6 Å². The lowest BCUT2D eigenvalue weighted by Crippen LogP contribution is -2.39. The Morgan fingerprint density at radius 3 is 2.61 bits per heavy atom. The summed E-state index contributed by atoms with van der Waals surface area (Å²) in [5.74, 6) is -0.949. The van der Waals surface area contributed by atoms with Gasteiger partial charge in [-0.3, -0.25) is 14.0 Å². The number of hydrogen-bond donors (Lipinski definition) is 1. The van der Waals surface area contributed by atoms with Crippen LogP contribution in [0.15, 0.2) is 30.0 Å². The Kier molecular flexibility index (Phi) is 4.76. The number of carbonyl (C=O) groups excluding carboxylic acids is 1. The zero-order valence-electron chi connectivity index (χ0n) is 15.7. The van der Waals surface area contributed by atoms with E-state index in [1.54, 1.807) is 28.4 Å². The van der Waals surface area contributed by atoms with Crippen LogP contribution in [0.4, 0.5) is 0 Å². The van der Waals surface area contributed by atoms with E-state index in [4.69, 9.17) is 5.11 Å². The highest BCUT2D eigenvalue weighted by molar-refractivity contribution is 7.12. The first-order valence-electron chi connectivity index (χ1n) is 9.11. The van der Waals surface area contributed by atoms with Gasteiger partial charge in [-0.15, -0.1) is 11.3 Å². The molecule has 1 amide bonds. The van der Waals surface area contributed by atoms with Crippen molar-refractivity contribution in [2.45, 2.75) is 32.7 Å². The molecule has 0 aromatic carbocycles. The Morgan fingerprint density at radius 1 is 1.25 bits per heavy atom. The maximum absolute atomic E-state index is 13.1. The zero-order chi connectivity index (χ0) is 19.8. The highest BCUT2D eigenvalue weighted by Gasteiger charge is 2.28. The molecule has 0 saturated carbocycles. The minimum Gasteiger partial charge on any atom is -0.478 e. The highest BCUT2D eigenvalue weighted by atomic mass is 32.1. The van der Waals surface area contributed by atoms with E-state index < -0.39 is 5.97 Å². The SMILES string of the molecule is Cc1cc(C(=O)N2CCC(n3cc(C(=O)O)cn3)CC2)c(C)n1-c1nccs1. The van der Waals surface area contributed by atoms with Crippen LogP contribution < -0.4 is 0 Å². The van der Waals surface area contributed by atoms with Gasteiger partial charge in [0.1, 0.15) is 0 Å². The van der Waals surface area contributed by atoms with Crippen molar-refractivity contribution >= 4 is 23.2 Å². The lowest BCUT2D eigenvalue weighted by atomic mass is 10.0. The molecule has 8 nitrogen and oxygen atoms in total. The molecule has 3 aromatic heterocycles. The van der Waals surface area contributed by atoms with Crippen LogP contribution in [0.25, 0.3) is 5.13 Å². The number of aryl methyl sites for hydroxylation is 1. The van der Waals surface area contributed by atoms with Crippen LogP contribution in [-0.4, -0.2) is 54.3 Å². The number of carboxylic acids is 1. The molecule has 0 unspecified atom stereocenters. The van der Waals surface area contributed by atoms with Gasteiger partial charge in [0.2, 0.25) is 0 Å². The molecule has 146 valence electrons. The number of rotatable bonds is 4. The molecular weight excluding hydrogens is 378 g/mol. The molecule has 9 heteroatoms. The van der Waals surface area contributed by atoms with Crippen LogP contribution in [0, 0.1) is 13.8 Å². The minimum atomic E-state index is -0.977. The van der Waals surface area contributed by atoms with Crippen LogP contribution in [0.5, 0.6) is 0 Å². The fourth-order valence-corrected chi connectivity index (χ4v) is 4.50. The van der Waals surface area contributed by atoms with E-state index in [2.05, 4.69) is 10.1 Å². The van der Waals surface area contributed by atoms with Crippen LogP contribution in [0.3, 0.4) is 0 Å². The van der Waals surface area contributed by atoms with Gasteiger partial charge in [-0.25, -0.2) is 9.78 Å². The van der Waals surface area contributed by atoms with Crippen LogP contribution in [0.2, 0.25) is 0 Å². The van der Waals surface area contributed by atoms with Gasteiger partial charge < -0.3 is 10.0 Å². The zero-order valence-corrected chi connectivity index (χ0v) is 16.5. The summed E-state index contributed by atoms with van der Waals surface area (Å²) in [6.45, 7) is 5.17. The van der Waals surface area contributed by atoms with Crippen molar-refractivity contribution in [1.82, 2.24) is 24.2 Å². The van der Waals surface area contributed by atoms with Crippen molar-refractivity contribution in [3.63, 3.8) is 0 Å². The van der Waals surface area contributed by atoms with Crippen LogP contribution in [-0.2, 0) is 0 Å². The molecule has 0 bridgehead atoms. The number of thiazole rings is 1. The summed E-state index contributed by atoms with van der Waals surface area (Å²) in [6.07, 6.45) is 6.19. The largest absolute Gasteiger partial charge is 0.478 e. The van der Waals surface area contributed by atoms with E-state index in [0.717, 1.165) is 29.4 Å². The molecule has 0 spiro atoms. The second-order valence-electron chi connectivity index (χ2n) is 6.97. The van der Waals surface area contributed by atoms with Gasteiger partial charge in [0.25, 0.3) is 5.91 Å². The third-order valence-corrected chi connectivity index (χ3v) is 6.00. The van der Waals surface area contributed by atoms with Gasteiger partial charge in [-0.1, -0.05) is 0 Å². The first-order valence-corrected chi connectivity index (χ1v) is 9.99. The monoisotopic (exact) mass is 399 g/mol. The molecule has 0 radical (unpaired) electrons. The summed E-state index contributed by atoms with van der Waals surface area (Å²) in [7, 11) is 0. The first-order chi connectivity index (χ1) is 13.5. The maximum atomic E-state index is 13.1. The molecule has 1 fully saturated rings. The number of amides is 1. The molecule has 3 aromatic rings. The summed E-state index contributed by atoms with van der Waals surface area (Å²) in [5, 5.41) is 16.0. The topological polar surface area (TPSA) is 93.3 Å². The average molecular weight is 399 g/mol. The highest BCUT2D eigenvalue weighted by Crippen LogP contribution is 2.27. The molecule has 1 saturated heterocycles. The van der Waals surface area contributed by atoms with E-state index in [9.17, 15) is 9.59 Å². The van der Waals surface area contributed by atoms with Crippen molar-refractivity contribution in [3.8, 4) is 5.13 Å². The molecule has 4 heterocycles. The number of hydrogen-bond acceptors (Lipinski definition) is 5. The quantitative estimate of drug-likeness (QED) is 0.728. The summed E-state index contributed by atoms with van der Waals surface area (Å²) in [4.78, 5) is 30.3. The average Bonchev–Trinajstić information content (AvgIpc) is 3.42. The Balaban J connectivity index is 1.47. The molecule has 1 N–H and O–H groups in total. The molecule has 0 atom stereocenters. The second kappa shape index (κ2) is 7.23. The van der Waals surface area contributed by atoms with E-state index in [1.165, 1.54) is 6.20 Å². The van der Waals surface area contributed by atoms with E-state index in [-0.39, 0.29) is 17.5 Å². The molecular formula is C19H21N5O3S. The number of aromatic carboxylic acids is 1. The minimum absolute atomic E-state index is 0.0287. The summed E-state index contributed by atoms with van der Waals surface area (Å²) >= 11 is 1.54. The Hall–Kier alpha value is -2.94. The summed E-state index contributed by atoms with van der Waals surface area (Å²) in [5.41, 5.74) is 2.78. The van der Waals surface area contributed by atoms with Gasteiger partial charge in [-0.05, 0) is 32.8 Å². The van der Waals surface area contributed by atoms with Gasteiger partial charge in [0, 0.05) is 42.3 Å². The Bertz CT molecular complexity index is 1010. The van der Waals surface area contributed by atoms with Gasteiger partial charge in [0.05, 0.1) is 23.4 Å². The smallest absolute Gasteiger partial charge is 0.338 e. The van der Waals surface area contributed by atoms with Crippen LogP contribution >= 0.6 is 11.3 Å². The van der Waals surface area contributed by atoms with E-state index in [1.807, 2.05) is 34.8 Å². The Morgan fingerprint density at radius 2 is 2.00 bits per heavy atom. The first kappa shape index (κ1) is 18.4. The number of carboxylic acid groups (broad SMARTS) is 1. The molecule has 0 aliphatic carbocycles. The standard InChI is InChI=1S/C19H21N5O3S/c1-12-9-16(13(2)24(12)19-20-5-8-28-19)17(25)22-6-3-15(4-7-22)23-11-14(10-21-23)18(26)27/h5,8-11,15H,3-4,6-7H2,1-2H3,(H,26,27). The van der Waals surface area contributed by atoms with Gasteiger partial charge in [0.15, 0.2) is 5.13 Å². The fourth-order valence-electron chi connectivity index (χ4n) is 3.75. The number of carbonyl (C=O) groups is 2. The lowest BCUT2D eigenvalue weighted by molar-refractivity contribution is 0.0687. The third kappa shape index (κ3) is 3.22. The Labute approximate surface area is 166 Å². The van der Waals surface area contributed by atoms with E-state index in [0.29, 0.717) is 18.7 Å². The van der Waals surface area contributed by atoms with Crippen molar-refractivity contribution < 1.29 is 14.7 Å². The fraction of sp³-hybridized carbons (Fsp3) is 0.368. The number of piperidine rings is 1. The second-order valence-corrected chi connectivity index (χ2v) is 7.85. The molecule has 1 aliphatic heterocycles. The predicted octanol–water partition coefficient (Wildman–Crippen LogP) is 2.92. The van der Waals surface area contributed by atoms with Gasteiger partial charge >= 0.3 is 5.97 Å². The number of aromatic nitrogens is 4. The predicted molar refractivity (Wildman–Crippen MR) is 104 cm³/mol. The molecule has 1 aliphatic rings. The summed E-state index contributed by atoms with van der Waals surface area (Å²) in [6, 6.07) is 2.04. The summed E-state index contributed by atoms with van der Waals surface area (Å²) < 4.78 is 3.72.